The minimum absolute atomic E-state index is 0.202. The Kier molecular flexibility index (Phi) is 12.8. The highest BCUT2D eigenvalue weighted by atomic mass is 35.5. The molecule has 0 radical (unpaired) electrons. The number of unbranched alkanes of at least 4 members (excludes halogenated alkanes) is 2. The highest BCUT2D eigenvalue weighted by Crippen LogP contribution is 2.31. The summed E-state index contributed by atoms with van der Waals surface area (Å²) in [5.41, 5.74) is 2.85. The van der Waals surface area contributed by atoms with Gasteiger partial charge in [0.25, 0.3) is 0 Å². The Labute approximate surface area is 178 Å². The van der Waals surface area contributed by atoms with Gasteiger partial charge in [0.2, 0.25) is 0 Å². The van der Waals surface area contributed by atoms with Crippen LogP contribution < -0.4 is 9.47 Å². The second kappa shape index (κ2) is 14.6. The van der Waals surface area contributed by atoms with Crippen molar-refractivity contribution >= 4 is 28.9 Å². The molecule has 0 atom stereocenters. The Balaban J connectivity index is 2.50. The second-order valence-electron chi connectivity index (χ2n) is 6.38. The summed E-state index contributed by atoms with van der Waals surface area (Å²) in [5.74, 6) is 1.76. The number of hydrogen-bond donors (Lipinski definition) is 1. The van der Waals surface area contributed by atoms with Crippen LogP contribution in [0.1, 0.15) is 51.2 Å². The van der Waals surface area contributed by atoms with Crippen molar-refractivity contribution in [3.63, 3.8) is 0 Å². The van der Waals surface area contributed by atoms with Gasteiger partial charge in [-0.25, -0.2) is 0 Å². The van der Waals surface area contributed by atoms with Crippen LogP contribution in [0.5, 0.6) is 11.5 Å². The topological polar surface area (TPSA) is 60.3 Å². The van der Waals surface area contributed by atoms with E-state index in [1.807, 2.05) is 12.1 Å². The second-order valence-corrected chi connectivity index (χ2v) is 7.39. The normalized spacial score (nSPS) is 11.4. The van der Waals surface area contributed by atoms with Gasteiger partial charge in [-0.2, -0.15) is 0 Å². The Morgan fingerprint density at radius 1 is 1.04 bits per heavy atom. The zero-order valence-corrected chi connectivity index (χ0v) is 18.5. The minimum atomic E-state index is 0.202. The fourth-order valence-electron chi connectivity index (χ4n) is 2.62. The van der Waals surface area contributed by atoms with E-state index in [-0.39, 0.29) is 4.49 Å². The molecule has 1 rings (SSSR count). The molecule has 0 saturated carbocycles. The van der Waals surface area contributed by atoms with Gasteiger partial charge in [-0.1, -0.05) is 42.2 Å². The van der Waals surface area contributed by atoms with E-state index in [0.717, 1.165) is 54.7 Å². The van der Waals surface area contributed by atoms with E-state index in [9.17, 15) is 0 Å². The van der Waals surface area contributed by atoms with Crippen LogP contribution in [0.25, 0.3) is 0 Å². The molecular formula is C21H31Cl2NO4. The average Bonchev–Trinajstić information content (AvgIpc) is 2.69. The van der Waals surface area contributed by atoms with Gasteiger partial charge >= 0.3 is 0 Å². The third-order valence-electron chi connectivity index (χ3n) is 4.13. The van der Waals surface area contributed by atoms with Gasteiger partial charge in [0.05, 0.1) is 18.9 Å². The summed E-state index contributed by atoms with van der Waals surface area (Å²) < 4.78 is 17.5. The van der Waals surface area contributed by atoms with Crippen LogP contribution in [-0.2, 0) is 17.6 Å². The molecule has 0 fully saturated rings. The number of benzene rings is 1. The molecule has 7 heteroatoms. The summed E-state index contributed by atoms with van der Waals surface area (Å²) in [6.07, 6.45) is 6.28. The van der Waals surface area contributed by atoms with Crippen LogP contribution in [0.4, 0.5) is 0 Å². The number of aryl methyl sites for hydroxylation is 2. The zero-order valence-electron chi connectivity index (χ0n) is 17.0. The maximum Gasteiger partial charge on any atom is 0.125 e. The number of nitrogens with zero attached hydrogens (tertiary/aromatic N) is 1. The first-order valence-electron chi connectivity index (χ1n) is 9.69. The molecule has 0 saturated heterocycles. The van der Waals surface area contributed by atoms with Crippen LogP contribution in [0.2, 0.25) is 0 Å². The van der Waals surface area contributed by atoms with Crippen LogP contribution in [-0.4, -0.2) is 37.3 Å². The SMILES string of the molecule is CCc1cc(OCC=C(Cl)Cl)cc(CC)c1OCCCCCOCC(C)=NO. The summed E-state index contributed by atoms with van der Waals surface area (Å²) in [6.45, 7) is 7.97. The quantitative estimate of drug-likeness (QED) is 0.171. The Bertz CT molecular complexity index is 618. The molecule has 1 aromatic rings. The molecule has 0 aromatic heterocycles. The molecule has 0 aliphatic carbocycles. The predicted molar refractivity (Wildman–Crippen MR) is 116 cm³/mol. The molecule has 0 spiro atoms. The molecule has 28 heavy (non-hydrogen) atoms. The van der Waals surface area contributed by atoms with Crippen molar-refractivity contribution in [2.75, 3.05) is 26.4 Å². The van der Waals surface area contributed by atoms with E-state index in [1.54, 1.807) is 13.0 Å². The number of oxime groups is 1. The lowest BCUT2D eigenvalue weighted by atomic mass is 10.0. The summed E-state index contributed by atoms with van der Waals surface area (Å²) >= 11 is 11.2. The first-order chi connectivity index (χ1) is 13.5. The lowest BCUT2D eigenvalue weighted by molar-refractivity contribution is 0.161. The Hall–Kier alpha value is -1.43. The van der Waals surface area contributed by atoms with Crippen LogP contribution in [0.15, 0.2) is 27.9 Å². The van der Waals surface area contributed by atoms with Gasteiger partial charge in [-0.3, -0.25) is 0 Å². The van der Waals surface area contributed by atoms with Gasteiger partial charge in [0.1, 0.15) is 22.6 Å². The highest BCUT2D eigenvalue weighted by molar-refractivity contribution is 6.55. The van der Waals surface area contributed by atoms with E-state index in [0.29, 0.717) is 32.1 Å². The molecule has 1 aromatic carbocycles. The molecule has 5 nitrogen and oxygen atoms in total. The third kappa shape index (κ3) is 9.67. The summed E-state index contributed by atoms with van der Waals surface area (Å²) in [7, 11) is 0. The van der Waals surface area contributed by atoms with E-state index >= 15 is 0 Å². The summed E-state index contributed by atoms with van der Waals surface area (Å²) in [4.78, 5) is 0. The van der Waals surface area contributed by atoms with Crippen molar-refractivity contribution in [3.05, 3.63) is 33.8 Å². The highest BCUT2D eigenvalue weighted by Gasteiger charge is 2.11. The molecule has 158 valence electrons. The largest absolute Gasteiger partial charge is 0.493 e. The minimum Gasteiger partial charge on any atom is -0.493 e. The van der Waals surface area contributed by atoms with Gasteiger partial charge < -0.3 is 19.4 Å². The van der Waals surface area contributed by atoms with Crippen LogP contribution in [0.3, 0.4) is 0 Å². The van der Waals surface area contributed by atoms with Crippen molar-refractivity contribution in [2.45, 2.75) is 52.9 Å². The third-order valence-corrected chi connectivity index (χ3v) is 4.44. The van der Waals surface area contributed by atoms with Crippen molar-refractivity contribution in [2.24, 2.45) is 5.16 Å². The monoisotopic (exact) mass is 431 g/mol. The lowest BCUT2D eigenvalue weighted by Crippen LogP contribution is -2.07. The van der Waals surface area contributed by atoms with Crippen molar-refractivity contribution in [1.29, 1.82) is 0 Å². The maximum absolute atomic E-state index is 8.55. The number of hydrogen-bond acceptors (Lipinski definition) is 5. The number of ether oxygens (including phenoxy) is 3. The van der Waals surface area contributed by atoms with Crippen molar-refractivity contribution < 1.29 is 19.4 Å². The average molecular weight is 432 g/mol. The summed E-state index contributed by atoms with van der Waals surface area (Å²) in [6, 6.07) is 4.03. The molecule has 1 N–H and O–H groups in total. The van der Waals surface area contributed by atoms with Crippen molar-refractivity contribution in [1.82, 2.24) is 0 Å². The predicted octanol–water partition coefficient (Wildman–Crippen LogP) is 5.93. The fourth-order valence-corrected chi connectivity index (χ4v) is 2.75. The molecule has 0 aliphatic heterocycles. The van der Waals surface area contributed by atoms with Gasteiger partial charge in [0, 0.05) is 6.61 Å². The Morgan fingerprint density at radius 3 is 2.25 bits per heavy atom. The fraction of sp³-hybridized carbons (Fsp3) is 0.571. The summed E-state index contributed by atoms with van der Waals surface area (Å²) in [5, 5.41) is 11.6. The van der Waals surface area contributed by atoms with E-state index in [4.69, 9.17) is 42.6 Å². The van der Waals surface area contributed by atoms with E-state index < -0.39 is 0 Å². The van der Waals surface area contributed by atoms with E-state index in [2.05, 4.69) is 19.0 Å². The first kappa shape index (κ1) is 24.6. The molecular weight excluding hydrogens is 401 g/mol. The first-order valence-corrected chi connectivity index (χ1v) is 10.4. The van der Waals surface area contributed by atoms with Crippen molar-refractivity contribution in [3.8, 4) is 11.5 Å². The van der Waals surface area contributed by atoms with Gasteiger partial charge in [-0.05, 0) is 68.4 Å². The van der Waals surface area contributed by atoms with Gasteiger partial charge in [-0.15, -0.1) is 0 Å². The molecule has 0 bridgehead atoms. The lowest BCUT2D eigenvalue weighted by Gasteiger charge is -2.17. The Morgan fingerprint density at radius 2 is 1.68 bits per heavy atom. The molecule has 0 heterocycles. The number of halogens is 2. The molecule has 0 unspecified atom stereocenters. The van der Waals surface area contributed by atoms with Crippen LogP contribution >= 0.6 is 23.2 Å². The maximum atomic E-state index is 8.55. The smallest absolute Gasteiger partial charge is 0.125 e. The van der Waals surface area contributed by atoms with Crippen LogP contribution in [0, 0.1) is 0 Å². The standard InChI is InChI=1S/C21H31Cl2NO4/c1-4-17-13-19(27-12-9-20(22)23)14-18(5-2)21(17)28-11-8-6-7-10-26-15-16(3)24-25/h9,13-14,25H,4-8,10-12,15H2,1-3H3. The zero-order chi connectivity index (χ0) is 20.8. The number of rotatable bonds is 14. The molecule has 0 amide bonds. The van der Waals surface area contributed by atoms with E-state index in [1.165, 1.54) is 0 Å². The van der Waals surface area contributed by atoms with Gasteiger partial charge in [0.15, 0.2) is 0 Å². The molecule has 0 aliphatic rings.